The number of methoxy groups -OCH3 is 1. The Labute approximate surface area is 240 Å². The van der Waals surface area contributed by atoms with Crippen LogP contribution in [-0.4, -0.2) is 56.2 Å². The molecule has 1 unspecified atom stereocenters. The third kappa shape index (κ3) is 11.1. The van der Waals surface area contributed by atoms with Crippen LogP contribution < -0.4 is 15.2 Å². The second-order valence-corrected chi connectivity index (χ2v) is 9.50. The fourth-order valence-corrected chi connectivity index (χ4v) is 3.84. The Hall–Kier alpha value is -4.12. The number of rotatable bonds is 15. The summed E-state index contributed by atoms with van der Waals surface area (Å²) in [7, 11) is 1.20. The molecule has 41 heavy (non-hydrogen) atoms. The van der Waals surface area contributed by atoms with Gasteiger partial charge in [-0.2, -0.15) is 0 Å². The van der Waals surface area contributed by atoms with E-state index >= 15 is 0 Å². The van der Waals surface area contributed by atoms with Crippen molar-refractivity contribution in [2.75, 3.05) is 20.3 Å². The zero-order valence-electron chi connectivity index (χ0n) is 24.0. The minimum atomic E-state index is -1.62. The van der Waals surface area contributed by atoms with E-state index in [1.165, 1.54) is 19.2 Å². The van der Waals surface area contributed by atoms with Gasteiger partial charge in [-0.15, -0.1) is 0 Å². The van der Waals surface area contributed by atoms with Gasteiger partial charge in [0.1, 0.15) is 11.6 Å². The predicted molar refractivity (Wildman–Crippen MR) is 149 cm³/mol. The van der Waals surface area contributed by atoms with E-state index in [1.807, 2.05) is 13.8 Å². The van der Waals surface area contributed by atoms with Gasteiger partial charge in [0.15, 0.2) is 11.5 Å². The lowest BCUT2D eigenvalue weighted by atomic mass is 9.86. The largest absolute Gasteiger partial charge is 0.513 e. The first kappa shape index (κ1) is 33.1. The van der Waals surface area contributed by atoms with Crippen molar-refractivity contribution in [1.29, 1.82) is 0 Å². The van der Waals surface area contributed by atoms with Crippen LogP contribution in [0.1, 0.15) is 68.8 Å². The zero-order valence-corrected chi connectivity index (χ0v) is 24.0. The third-order valence-electron chi connectivity index (χ3n) is 5.91. The molecule has 0 saturated heterocycles. The molecule has 0 bridgehead atoms. The van der Waals surface area contributed by atoms with E-state index in [2.05, 4.69) is 0 Å². The van der Waals surface area contributed by atoms with Crippen molar-refractivity contribution < 1.29 is 47.6 Å². The number of ether oxygens (including phenoxy) is 6. The Balaban J connectivity index is 2.25. The molecule has 0 spiro atoms. The molecule has 2 N–H and O–H groups in total. The van der Waals surface area contributed by atoms with Crippen LogP contribution in [-0.2, 0) is 30.2 Å². The second kappa shape index (κ2) is 16.9. The fraction of sp³-hybridized carbons (Fsp3) is 0.467. The first-order valence-corrected chi connectivity index (χ1v) is 13.6. The van der Waals surface area contributed by atoms with Crippen LogP contribution in [0.2, 0.25) is 0 Å². The lowest BCUT2D eigenvalue weighted by molar-refractivity contribution is -0.148. The van der Waals surface area contributed by atoms with E-state index in [4.69, 9.17) is 34.2 Å². The van der Waals surface area contributed by atoms with Gasteiger partial charge < -0.3 is 34.2 Å². The Morgan fingerprint density at radius 1 is 0.854 bits per heavy atom. The molecule has 0 aliphatic heterocycles. The van der Waals surface area contributed by atoms with Crippen LogP contribution in [0.4, 0.5) is 9.59 Å². The lowest BCUT2D eigenvalue weighted by Gasteiger charge is -2.29. The van der Waals surface area contributed by atoms with Crippen LogP contribution in [0.15, 0.2) is 48.5 Å². The highest BCUT2D eigenvalue weighted by Crippen LogP contribution is 2.32. The Bertz CT molecular complexity index is 1150. The van der Waals surface area contributed by atoms with Crippen molar-refractivity contribution in [2.45, 2.75) is 70.9 Å². The van der Waals surface area contributed by atoms with Gasteiger partial charge in [0.25, 0.3) is 0 Å². The number of hydrogen-bond donors (Lipinski definition) is 1. The standard InChI is InChI=1S/C30H39NO10/c1-5-7-16-37-28(34)40-24-15-14-22(18-25(24)41-29(35)38-17-8-6-2)20-30(31,27(33)36-4)19-21(3)39-26(32)23-12-10-9-11-13-23/h9-15,18,21H,5-8,16-17,19-20,31H2,1-4H3/t21?,30-/m1/s1. The number of nitrogens with two attached hydrogens (primary N) is 1. The van der Waals surface area contributed by atoms with Gasteiger partial charge in [-0.1, -0.05) is 51.0 Å². The first-order valence-electron chi connectivity index (χ1n) is 13.6. The van der Waals surface area contributed by atoms with Crippen molar-refractivity contribution in [3.8, 4) is 11.5 Å². The molecule has 0 aliphatic rings. The van der Waals surface area contributed by atoms with Crippen molar-refractivity contribution >= 4 is 24.2 Å². The number of carbonyl (C=O) groups is 4. The molecule has 11 heteroatoms. The summed E-state index contributed by atoms with van der Waals surface area (Å²) < 4.78 is 31.1. The van der Waals surface area contributed by atoms with Crippen LogP contribution in [0, 0.1) is 0 Å². The van der Waals surface area contributed by atoms with Crippen LogP contribution in [0.25, 0.3) is 0 Å². The van der Waals surface area contributed by atoms with E-state index < -0.39 is 35.9 Å². The predicted octanol–water partition coefficient (Wildman–Crippen LogP) is 5.37. The van der Waals surface area contributed by atoms with Crippen molar-refractivity contribution in [2.24, 2.45) is 5.73 Å². The van der Waals surface area contributed by atoms with Crippen LogP contribution in [0.3, 0.4) is 0 Å². The summed E-state index contributed by atoms with van der Waals surface area (Å²) in [6.07, 6.45) is 0.0650. The molecular weight excluding hydrogens is 534 g/mol. The van der Waals surface area contributed by atoms with E-state index in [0.29, 0.717) is 24.0 Å². The number of unbranched alkanes of at least 4 members (excludes halogenated alkanes) is 2. The van der Waals surface area contributed by atoms with Crippen molar-refractivity contribution in [3.05, 3.63) is 59.7 Å². The molecule has 0 aromatic heterocycles. The van der Waals surface area contributed by atoms with E-state index in [-0.39, 0.29) is 37.6 Å². The highest BCUT2D eigenvalue weighted by atomic mass is 16.7. The van der Waals surface area contributed by atoms with Gasteiger partial charge in [-0.25, -0.2) is 14.4 Å². The van der Waals surface area contributed by atoms with E-state index in [0.717, 1.165) is 12.8 Å². The number of esters is 2. The summed E-state index contributed by atoms with van der Waals surface area (Å²) >= 11 is 0. The molecular formula is C30H39NO10. The quantitative estimate of drug-likeness (QED) is 0.127. The van der Waals surface area contributed by atoms with Crippen molar-refractivity contribution in [1.82, 2.24) is 0 Å². The maximum absolute atomic E-state index is 12.8. The lowest BCUT2D eigenvalue weighted by Crippen LogP contribution is -2.53. The summed E-state index contributed by atoms with van der Waals surface area (Å²) in [4.78, 5) is 49.7. The average Bonchev–Trinajstić information content (AvgIpc) is 2.94. The molecule has 0 heterocycles. The number of hydrogen-bond acceptors (Lipinski definition) is 11. The van der Waals surface area contributed by atoms with E-state index in [9.17, 15) is 19.2 Å². The molecule has 0 aliphatic carbocycles. The van der Waals surface area contributed by atoms with Crippen LogP contribution >= 0.6 is 0 Å². The molecule has 0 radical (unpaired) electrons. The van der Waals surface area contributed by atoms with Gasteiger partial charge in [0, 0.05) is 12.8 Å². The molecule has 11 nitrogen and oxygen atoms in total. The monoisotopic (exact) mass is 573 g/mol. The van der Waals surface area contributed by atoms with Gasteiger partial charge in [-0.3, -0.25) is 4.79 Å². The molecule has 0 saturated carbocycles. The summed E-state index contributed by atoms with van der Waals surface area (Å²) in [5.41, 5.74) is 5.70. The normalized spacial score (nSPS) is 12.8. The van der Waals surface area contributed by atoms with Gasteiger partial charge in [0.05, 0.1) is 25.9 Å². The summed E-state index contributed by atoms with van der Waals surface area (Å²) in [5, 5.41) is 0. The Morgan fingerprint density at radius 2 is 1.44 bits per heavy atom. The average molecular weight is 574 g/mol. The smallest absolute Gasteiger partial charge is 0.468 e. The maximum Gasteiger partial charge on any atom is 0.513 e. The number of carbonyl (C=O) groups excluding carboxylic acids is 4. The molecule has 2 aromatic carbocycles. The summed E-state index contributed by atoms with van der Waals surface area (Å²) in [5.74, 6) is -1.52. The first-order chi connectivity index (χ1) is 19.6. The molecule has 0 amide bonds. The third-order valence-corrected chi connectivity index (χ3v) is 5.91. The molecule has 224 valence electrons. The topological polar surface area (TPSA) is 150 Å². The molecule has 0 fully saturated rings. The fourth-order valence-electron chi connectivity index (χ4n) is 3.84. The summed E-state index contributed by atoms with van der Waals surface area (Å²) in [6, 6.07) is 12.8. The molecule has 2 atom stereocenters. The van der Waals surface area contributed by atoms with Gasteiger partial charge in [0.2, 0.25) is 0 Å². The highest BCUT2D eigenvalue weighted by Gasteiger charge is 2.38. The number of benzene rings is 2. The Morgan fingerprint density at radius 3 is 2.00 bits per heavy atom. The maximum atomic E-state index is 12.8. The minimum Gasteiger partial charge on any atom is -0.468 e. The summed E-state index contributed by atoms with van der Waals surface area (Å²) in [6.45, 7) is 5.83. The molecule has 2 rings (SSSR count). The van der Waals surface area contributed by atoms with Crippen LogP contribution in [0.5, 0.6) is 11.5 Å². The minimum absolute atomic E-state index is 0.0739. The SMILES string of the molecule is CCCCOC(=O)Oc1ccc(C[C@](N)(CC(C)OC(=O)c2ccccc2)C(=O)OC)cc1OC(=O)OCCCC. The van der Waals surface area contributed by atoms with E-state index in [1.54, 1.807) is 43.3 Å². The highest BCUT2D eigenvalue weighted by molar-refractivity contribution is 5.89. The van der Waals surface area contributed by atoms with Gasteiger partial charge >= 0.3 is 24.2 Å². The van der Waals surface area contributed by atoms with Crippen molar-refractivity contribution in [3.63, 3.8) is 0 Å². The Kier molecular flexibility index (Phi) is 13.6. The zero-order chi connectivity index (χ0) is 30.3. The van der Waals surface area contributed by atoms with Gasteiger partial charge in [-0.05, 0) is 49.6 Å². The second-order valence-electron chi connectivity index (χ2n) is 9.50. The molecule has 2 aromatic rings.